The van der Waals surface area contributed by atoms with Crippen LogP contribution in [0.2, 0.25) is 0 Å². The van der Waals surface area contributed by atoms with E-state index in [1.54, 1.807) is 17.3 Å². The molecular formula is C20H23N7O. The van der Waals surface area contributed by atoms with Crippen LogP contribution in [0, 0.1) is 0 Å². The Labute approximate surface area is 163 Å². The van der Waals surface area contributed by atoms with Crippen LogP contribution in [0.5, 0.6) is 0 Å². The maximum atomic E-state index is 12.4. The molecule has 0 atom stereocenters. The molecular weight excluding hydrogens is 354 g/mol. The highest BCUT2D eigenvalue weighted by atomic mass is 16.2. The Morgan fingerprint density at radius 2 is 2.07 bits per heavy atom. The number of fused-ring (bicyclic) bond motifs is 2. The first-order valence-corrected chi connectivity index (χ1v) is 9.79. The number of H-pyrrole nitrogens is 1. The van der Waals surface area contributed by atoms with E-state index in [2.05, 4.69) is 25.4 Å². The number of hydrogen-bond donors (Lipinski definition) is 2. The van der Waals surface area contributed by atoms with Crippen molar-refractivity contribution < 1.29 is 4.79 Å². The number of nitrogens with one attached hydrogen (secondary N) is 2. The van der Waals surface area contributed by atoms with Gasteiger partial charge < -0.3 is 15.1 Å². The Morgan fingerprint density at radius 1 is 1.21 bits per heavy atom. The summed E-state index contributed by atoms with van der Waals surface area (Å²) in [6.07, 6.45) is 8.83. The number of aromatic nitrogens is 4. The molecule has 1 aliphatic carbocycles. The second kappa shape index (κ2) is 6.78. The van der Waals surface area contributed by atoms with Crippen molar-refractivity contribution in [1.82, 2.24) is 20.2 Å². The lowest BCUT2D eigenvalue weighted by atomic mass is 10.2. The van der Waals surface area contributed by atoms with Gasteiger partial charge in [-0.3, -0.25) is 9.89 Å². The Balaban J connectivity index is 1.51. The van der Waals surface area contributed by atoms with Gasteiger partial charge in [-0.15, -0.1) is 0 Å². The summed E-state index contributed by atoms with van der Waals surface area (Å²) in [6.45, 7) is 0.707. The molecule has 0 bridgehead atoms. The lowest BCUT2D eigenvalue weighted by molar-refractivity contribution is -0.118. The third-order valence-corrected chi connectivity index (χ3v) is 5.79. The number of rotatable bonds is 3. The molecule has 1 amide bonds. The highest BCUT2D eigenvalue weighted by Gasteiger charge is 2.31. The first-order chi connectivity index (χ1) is 13.7. The van der Waals surface area contributed by atoms with Crippen molar-refractivity contribution in [3.63, 3.8) is 0 Å². The van der Waals surface area contributed by atoms with E-state index in [1.165, 1.54) is 12.8 Å². The van der Waals surface area contributed by atoms with E-state index in [4.69, 9.17) is 4.98 Å². The lowest BCUT2D eigenvalue weighted by Crippen LogP contribution is -2.34. The summed E-state index contributed by atoms with van der Waals surface area (Å²) in [5.74, 6) is 1.49. The van der Waals surface area contributed by atoms with E-state index in [0.717, 1.165) is 40.9 Å². The zero-order valence-corrected chi connectivity index (χ0v) is 15.9. The van der Waals surface area contributed by atoms with E-state index >= 15 is 0 Å². The minimum atomic E-state index is 0.108. The molecule has 0 spiro atoms. The number of anilines is 4. The standard InChI is InChI=1S/C20H23N7O/c1-26-17-12-21-20(23-14-6-7-16-13(10-14)11-22-25-16)24-19(17)27(9-8-18(26)28)15-4-2-3-5-15/h6-7,10-12,15H,2-5,8-9H2,1H3,(H,22,25)(H,21,23,24). The summed E-state index contributed by atoms with van der Waals surface area (Å²) in [6, 6.07) is 6.41. The zero-order chi connectivity index (χ0) is 19.1. The molecule has 1 saturated carbocycles. The van der Waals surface area contributed by atoms with E-state index < -0.39 is 0 Å². The third-order valence-electron chi connectivity index (χ3n) is 5.79. The molecule has 1 fully saturated rings. The van der Waals surface area contributed by atoms with E-state index in [1.807, 2.05) is 25.2 Å². The van der Waals surface area contributed by atoms with Crippen molar-refractivity contribution in [3.05, 3.63) is 30.6 Å². The quantitative estimate of drug-likeness (QED) is 0.728. The highest BCUT2D eigenvalue weighted by molar-refractivity contribution is 5.97. The van der Waals surface area contributed by atoms with Gasteiger partial charge in [0.1, 0.15) is 5.69 Å². The predicted octanol–water partition coefficient (Wildman–Crippen LogP) is 3.21. The summed E-state index contributed by atoms with van der Waals surface area (Å²) in [5, 5.41) is 11.3. The fourth-order valence-electron chi connectivity index (χ4n) is 4.22. The monoisotopic (exact) mass is 377 g/mol. The molecule has 1 aromatic carbocycles. The second-order valence-corrected chi connectivity index (χ2v) is 7.53. The number of benzene rings is 1. The van der Waals surface area contributed by atoms with Gasteiger partial charge >= 0.3 is 0 Å². The summed E-state index contributed by atoms with van der Waals surface area (Å²) in [4.78, 5) is 25.7. The molecule has 8 heteroatoms. The van der Waals surface area contributed by atoms with Crippen LogP contribution in [0.4, 0.5) is 23.1 Å². The molecule has 3 heterocycles. The fraction of sp³-hybridized carbons (Fsp3) is 0.400. The fourth-order valence-corrected chi connectivity index (χ4v) is 4.22. The predicted molar refractivity (Wildman–Crippen MR) is 109 cm³/mol. The molecule has 144 valence electrons. The SMILES string of the molecule is CN1C(=O)CCN(C2CCCC2)c2nc(Nc3ccc4[nH]ncc4c3)ncc21. The van der Waals surface area contributed by atoms with Gasteiger partial charge in [-0.05, 0) is 31.0 Å². The van der Waals surface area contributed by atoms with Crippen LogP contribution in [0.25, 0.3) is 10.9 Å². The van der Waals surface area contributed by atoms with Crippen molar-refractivity contribution in [3.8, 4) is 0 Å². The minimum absolute atomic E-state index is 0.108. The van der Waals surface area contributed by atoms with Crippen LogP contribution >= 0.6 is 0 Å². The van der Waals surface area contributed by atoms with Gasteiger partial charge in [-0.1, -0.05) is 12.8 Å². The molecule has 0 unspecified atom stereocenters. The number of aromatic amines is 1. The van der Waals surface area contributed by atoms with Gasteiger partial charge in [0.25, 0.3) is 0 Å². The molecule has 2 aromatic heterocycles. The van der Waals surface area contributed by atoms with Gasteiger partial charge in [-0.2, -0.15) is 10.1 Å². The number of carbonyl (C=O) groups is 1. The van der Waals surface area contributed by atoms with Gasteiger partial charge in [0.05, 0.1) is 17.9 Å². The normalized spacial score (nSPS) is 17.8. The first-order valence-electron chi connectivity index (χ1n) is 9.79. The number of amides is 1. The molecule has 1 aliphatic heterocycles. The summed E-state index contributed by atoms with van der Waals surface area (Å²) in [7, 11) is 1.81. The Bertz CT molecular complexity index is 1020. The minimum Gasteiger partial charge on any atom is -0.351 e. The van der Waals surface area contributed by atoms with E-state index in [9.17, 15) is 4.79 Å². The topological polar surface area (TPSA) is 90.0 Å². The third kappa shape index (κ3) is 2.94. The van der Waals surface area contributed by atoms with Crippen molar-refractivity contribution >= 4 is 40.0 Å². The van der Waals surface area contributed by atoms with Gasteiger partial charge in [-0.25, -0.2) is 4.98 Å². The summed E-state index contributed by atoms with van der Waals surface area (Å²) in [5.41, 5.74) is 2.67. The molecule has 28 heavy (non-hydrogen) atoms. The smallest absolute Gasteiger partial charge is 0.229 e. The Kier molecular flexibility index (Phi) is 4.11. The van der Waals surface area contributed by atoms with Crippen molar-refractivity contribution in [2.75, 3.05) is 28.7 Å². The largest absolute Gasteiger partial charge is 0.351 e. The van der Waals surface area contributed by atoms with Crippen LogP contribution in [0.15, 0.2) is 30.6 Å². The summed E-state index contributed by atoms with van der Waals surface area (Å²) >= 11 is 0. The van der Waals surface area contributed by atoms with E-state index in [-0.39, 0.29) is 5.91 Å². The maximum Gasteiger partial charge on any atom is 0.229 e. The van der Waals surface area contributed by atoms with Crippen LogP contribution in [-0.4, -0.2) is 45.7 Å². The molecule has 2 aliphatic rings. The van der Waals surface area contributed by atoms with Gasteiger partial charge in [0, 0.05) is 37.1 Å². The van der Waals surface area contributed by atoms with Gasteiger partial charge in [0.2, 0.25) is 11.9 Å². The van der Waals surface area contributed by atoms with Crippen LogP contribution in [0.1, 0.15) is 32.1 Å². The average Bonchev–Trinajstić information content (AvgIpc) is 3.37. The van der Waals surface area contributed by atoms with Crippen LogP contribution in [-0.2, 0) is 4.79 Å². The van der Waals surface area contributed by atoms with Crippen LogP contribution < -0.4 is 15.1 Å². The Hall–Kier alpha value is -3.16. The number of nitrogens with zero attached hydrogens (tertiary/aromatic N) is 5. The molecule has 0 radical (unpaired) electrons. The number of hydrogen-bond acceptors (Lipinski definition) is 6. The average molecular weight is 377 g/mol. The summed E-state index contributed by atoms with van der Waals surface area (Å²) < 4.78 is 0. The molecule has 3 aromatic rings. The maximum absolute atomic E-state index is 12.4. The van der Waals surface area contributed by atoms with Crippen molar-refractivity contribution in [2.24, 2.45) is 0 Å². The lowest BCUT2D eigenvalue weighted by Gasteiger charge is -2.30. The Morgan fingerprint density at radius 3 is 2.93 bits per heavy atom. The van der Waals surface area contributed by atoms with Gasteiger partial charge in [0.15, 0.2) is 5.82 Å². The van der Waals surface area contributed by atoms with Crippen molar-refractivity contribution in [1.29, 1.82) is 0 Å². The molecule has 2 N–H and O–H groups in total. The highest BCUT2D eigenvalue weighted by Crippen LogP contribution is 2.36. The van der Waals surface area contributed by atoms with E-state index in [0.29, 0.717) is 25.0 Å². The number of carbonyl (C=O) groups excluding carboxylic acids is 1. The second-order valence-electron chi connectivity index (χ2n) is 7.53. The molecule has 8 nitrogen and oxygen atoms in total. The zero-order valence-electron chi connectivity index (χ0n) is 15.9. The van der Waals surface area contributed by atoms with Crippen molar-refractivity contribution in [2.45, 2.75) is 38.1 Å². The molecule has 0 saturated heterocycles. The molecule has 5 rings (SSSR count). The van der Waals surface area contributed by atoms with Crippen LogP contribution in [0.3, 0.4) is 0 Å². The first kappa shape index (κ1) is 17.0.